The minimum Gasteiger partial charge on any atom is -0.361 e. The molecule has 0 radical (unpaired) electrons. The van der Waals surface area contributed by atoms with Gasteiger partial charge in [-0.2, -0.15) is 4.52 Å². The molecule has 0 aliphatic rings. The van der Waals surface area contributed by atoms with Crippen molar-refractivity contribution in [2.45, 2.75) is 0 Å². The summed E-state index contributed by atoms with van der Waals surface area (Å²) in [6.07, 6.45) is 1.79. The number of nitrogens with one attached hydrogen (secondary N) is 1. The normalized spacial score (nSPS) is 10.6. The van der Waals surface area contributed by atoms with Gasteiger partial charge in [-0.15, -0.1) is 5.10 Å². The van der Waals surface area contributed by atoms with E-state index in [2.05, 4.69) is 15.4 Å². The van der Waals surface area contributed by atoms with Crippen LogP contribution in [0.3, 0.4) is 0 Å². The second-order valence-electron chi connectivity index (χ2n) is 4.49. The second kappa shape index (κ2) is 4.61. The van der Waals surface area contributed by atoms with E-state index in [0.29, 0.717) is 0 Å². The third kappa shape index (κ3) is 2.22. The molecule has 0 amide bonds. The summed E-state index contributed by atoms with van der Waals surface area (Å²) in [6, 6.07) is 13.9. The van der Waals surface area contributed by atoms with Crippen molar-refractivity contribution in [2.24, 2.45) is 0 Å². The molecular formula is C14H15N5. The molecule has 0 saturated carbocycles. The van der Waals surface area contributed by atoms with Crippen molar-refractivity contribution >= 4 is 23.0 Å². The molecule has 3 aromatic rings. The van der Waals surface area contributed by atoms with Crippen LogP contribution in [-0.2, 0) is 0 Å². The number of benzene rings is 1. The maximum absolute atomic E-state index is 4.55. The SMILES string of the molecule is CN(C)c1ccc2ncc(Nc3ccccc3)n2n1. The first-order valence-electron chi connectivity index (χ1n) is 6.08. The first kappa shape index (κ1) is 11.5. The summed E-state index contributed by atoms with van der Waals surface area (Å²) in [6.45, 7) is 0. The highest BCUT2D eigenvalue weighted by molar-refractivity contribution is 5.60. The van der Waals surface area contributed by atoms with E-state index in [1.165, 1.54) is 0 Å². The molecule has 0 atom stereocenters. The molecule has 96 valence electrons. The summed E-state index contributed by atoms with van der Waals surface area (Å²) in [5, 5.41) is 7.86. The molecule has 5 heteroatoms. The van der Waals surface area contributed by atoms with E-state index in [-0.39, 0.29) is 0 Å². The Bertz CT molecular complexity index is 687. The van der Waals surface area contributed by atoms with Crippen molar-refractivity contribution in [3.63, 3.8) is 0 Å². The minimum absolute atomic E-state index is 0.823. The number of nitrogens with zero attached hydrogens (tertiary/aromatic N) is 4. The quantitative estimate of drug-likeness (QED) is 0.779. The van der Waals surface area contributed by atoms with Gasteiger partial charge in [0.2, 0.25) is 0 Å². The lowest BCUT2D eigenvalue weighted by molar-refractivity contribution is 0.907. The van der Waals surface area contributed by atoms with Crippen LogP contribution >= 0.6 is 0 Å². The third-order valence-electron chi connectivity index (χ3n) is 2.85. The van der Waals surface area contributed by atoms with Crippen LogP contribution in [0.1, 0.15) is 0 Å². The molecule has 0 unspecified atom stereocenters. The van der Waals surface area contributed by atoms with Crippen LogP contribution in [0.15, 0.2) is 48.7 Å². The zero-order valence-electron chi connectivity index (χ0n) is 10.9. The fraction of sp³-hybridized carbons (Fsp3) is 0.143. The van der Waals surface area contributed by atoms with E-state index in [1.54, 1.807) is 6.20 Å². The van der Waals surface area contributed by atoms with Gasteiger partial charge in [0.05, 0.1) is 6.20 Å². The van der Waals surface area contributed by atoms with Gasteiger partial charge < -0.3 is 10.2 Å². The maximum atomic E-state index is 4.55. The predicted molar refractivity (Wildman–Crippen MR) is 77.0 cm³/mol. The van der Waals surface area contributed by atoms with Crippen LogP contribution in [0.2, 0.25) is 0 Å². The third-order valence-corrected chi connectivity index (χ3v) is 2.85. The van der Waals surface area contributed by atoms with Crippen molar-refractivity contribution in [1.29, 1.82) is 0 Å². The zero-order valence-corrected chi connectivity index (χ0v) is 10.9. The summed E-state index contributed by atoms with van der Waals surface area (Å²) >= 11 is 0. The minimum atomic E-state index is 0.823. The largest absolute Gasteiger partial charge is 0.361 e. The highest BCUT2D eigenvalue weighted by Crippen LogP contribution is 2.18. The molecule has 1 N–H and O–H groups in total. The van der Waals surface area contributed by atoms with Crippen molar-refractivity contribution < 1.29 is 0 Å². The number of imidazole rings is 1. The molecule has 1 aromatic carbocycles. The molecule has 19 heavy (non-hydrogen) atoms. The van der Waals surface area contributed by atoms with E-state index < -0.39 is 0 Å². The number of anilines is 3. The van der Waals surface area contributed by atoms with Crippen LogP contribution in [0.25, 0.3) is 5.65 Å². The van der Waals surface area contributed by atoms with Gasteiger partial charge in [0.15, 0.2) is 11.5 Å². The van der Waals surface area contributed by atoms with Gasteiger partial charge in [-0.05, 0) is 24.3 Å². The number of para-hydroxylation sites is 1. The van der Waals surface area contributed by atoms with E-state index in [1.807, 2.05) is 66.0 Å². The van der Waals surface area contributed by atoms with E-state index in [4.69, 9.17) is 0 Å². The zero-order chi connectivity index (χ0) is 13.2. The molecule has 0 aliphatic heterocycles. The van der Waals surface area contributed by atoms with Crippen LogP contribution in [-0.4, -0.2) is 28.7 Å². The van der Waals surface area contributed by atoms with Gasteiger partial charge >= 0.3 is 0 Å². The van der Waals surface area contributed by atoms with Crippen LogP contribution in [0.4, 0.5) is 17.3 Å². The molecule has 3 rings (SSSR count). The highest BCUT2D eigenvalue weighted by Gasteiger charge is 2.06. The van der Waals surface area contributed by atoms with E-state index in [0.717, 1.165) is 23.0 Å². The molecule has 0 aliphatic carbocycles. The van der Waals surface area contributed by atoms with Gasteiger partial charge in [-0.1, -0.05) is 18.2 Å². The molecule has 0 saturated heterocycles. The van der Waals surface area contributed by atoms with Crippen LogP contribution in [0.5, 0.6) is 0 Å². The monoisotopic (exact) mass is 253 g/mol. The average molecular weight is 253 g/mol. The smallest absolute Gasteiger partial charge is 0.156 e. The van der Waals surface area contributed by atoms with Gasteiger partial charge in [-0.25, -0.2) is 4.98 Å². The summed E-state index contributed by atoms with van der Waals surface area (Å²) in [7, 11) is 3.94. The van der Waals surface area contributed by atoms with Gasteiger partial charge in [0.25, 0.3) is 0 Å². The first-order valence-corrected chi connectivity index (χ1v) is 6.08. The molecule has 2 heterocycles. The maximum Gasteiger partial charge on any atom is 0.156 e. The van der Waals surface area contributed by atoms with Crippen molar-refractivity contribution in [3.8, 4) is 0 Å². The fourth-order valence-electron chi connectivity index (χ4n) is 1.86. The highest BCUT2D eigenvalue weighted by atomic mass is 15.3. The van der Waals surface area contributed by atoms with Crippen molar-refractivity contribution in [3.05, 3.63) is 48.7 Å². The van der Waals surface area contributed by atoms with Crippen LogP contribution < -0.4 is 10.2 Å². The number of hydrogen-bond donors (Lipinski definition) is 1. The molecule has 5 nitrogen and oxygen atoms in total. The molecule has 0 spiro atoms. The van der Waals surface area contributed by atoms with Gasteiger partial charge in [0, 0.05) is 19.8 Å². The Labute approximate surface area is 111 Å². The lowest BCUT2D eigenvalue weighted by Gasteiger charge is -2.11. The summed E-state index contributed by atoms with van der Waals surface area (Å²) in [5.41, 5.74) is 1.84. The second-order valence-corrected chi connectivity index (χ2v) is 4.49. The number of aromatic nitrogens is 3. The topological polar surface area (TPSA) is 45.5 Å². The van der Waals surface area contributed by atoms with E-state index >= 15 is 0 Å². The van der Waals surface area contributed by atoms with Gasteiger partial charge in [0.1, 0.15) is 5.82 Å². The Morgan fingerprint density at radius 1 is 1.05 bits per heavy atom. The number of rotatable bonds is 3. The molecule has 0 fully saturated rings. The Morgan fingerprint density at radius 3 is 2.58 bits per heavy atom. The lowest BCUT2D eigenvalue weighted by atomic mass is 10.3. The van der Waals surface area contributed by atoms with Crippen LogP contribution in [0, 0.1) is 0 Å². The van der Waals surface area contributed by atoms with Gasteiger partial charge in [-0.3, -0.25) is 0 Å². The Balaban J connectivity index is 2.02. The molecule has 2 aromatic heterocycles. The standard InChI is InChI=1S/C14H15N5/c1-18(2)13-9-8-12-15-10-14(19(12)17-13)16-11-6-4-3-5-7-11/h3-10,16H,1-2H3. The fourth-order valence-corrected chi connectivity index (χ4v) is 1.86. The molecular weight excluding hydrogens is 238 g/mol. The summed E-state index contributed by atoms with van der Waals surface area (Å²) < 4.78 is 1.81. The average Bonchev–Trinajstić information content (AvgIpc) is 2.82. The number of hydrogen-bond acceptors (Lipinski definition) is 4. The molecule has 0 bridgehead atoms. The lowest BCUT2D eigenvalue weighted by Crippen LogP contribution is -2.12. The Morgan fingerprint density at radius 2 is 1.84 bits per heavy atom. The predicted octanol–water partition coefficient (Wildman–Crippen LogP) is 2.54. The summed E-state index contributed by atoms with van der Waals surface area (Å²) in [4.78, 5) is 6.30. The Hall–Kier alpha value is -2.56. The number of fused-ring (bicyclic) bond motifs is 1. The first-order chi connectivity index (χ1) is 9.24. The van der Waals surface area contributed by atoms with Crippen molar-refractivity contribution in [2.75, 3.05) is 24.3 Å². The van der Waals surface area contributed by atoms with E-state index in [9.17, 15) is 0 Å². The Kier molecular flexibility index (Phi) is 2.79. The van der Waals surface area contributed by atoms with Crippen molar-refractivity contribution in [1.82, 2.24) is 14.6 Å². The summed E-state index contributed by atoms with van der Waals surface area (Å²) in [5.74, 6) is 1.74.